The highest BCUT2D eigenvalue weighted by molar-refractivity contribution is 6.10. The van der Waals surface area contributed by atoms with Crippen LogP contribution in [-0.4, -0.2) is 29.9 Å². The van der Waals surface area contributed by atoms with Gasteiger partial charge in [-0.05, 0) is 41.5 Å². The van der Waals surface area contributed by atoms with Crippen LogP contribution in [0.25, 0.3) is 101 Å². The summed E-state index contributed by atoms with van der Waals surface area (Å²) in [6.45, 7) is 0. The summed E-state index contributed by atoms with van der Waals surface area (Å²) < 4.78 is 6.61. The normalized spacial score (nSPS) is 11.3. The van der Waals surface area contributed by atoms with Gasteiger partial charge in [0.25, 0.3) is 0 Å². The lowest BCUT2D eigenvalue weighted by molar-refractivity contribution is 0.669. The molecule has 0 N–H and O–H groups in total. The zero-order valence-corrected chi connectivity index (χ0v) is 29.4. The second kappa shape index (κ2) is 13.7. The Balaban J connectivity index is 1.11. The van der Waals surface area contributed by atoms with E-state index in [9.17, 15) is 0 Å². The molecule has 3 heterocycles. The minimum Gasteiger partial charge on any atom is -0.455 e. The van der Waals surface area contributed by atoms with Crippen LogP contribution in [0.3, 0.4) is 0 Å². The number of para-hydroxylation sites is 1. The van der Waals surface area contributed by atoms with Gasteiger partial charge in [-0.1, -0.05) is 152 Å². The third-order valence-electron chi connectivity index (χ3n) is 9.59. The molecule has 0 atom stereocenters. The first kappa shape index (κ1) is 32.0. The molecule has 0 fully saturated rings. The van der Waals surface area contributed by atoms with Crippen LogP contribution < -0.4 is 0 Å². The molecule has 0 aliphatic carbocycles. The maximum absolute atomic E-state index is 6.61. The van der Waals surface area contributed by atoms with Crippen molar-refractivity contribution in [3.05, 3.63) is 182 Å². The van der Waals surface area contributed by atoms with E-state index >= 15 is 0 Å². The minimum atomic E-state index is 0.532. The molecule has 7 aromatic carbocycles. The molecule has 0 radical (unpaired) electrons. The van der Waals surface area contributed by atoms with Crippen molar-refractivity contribution in [1.82, 2.24) is 29.9 Å². The van der Waals surface area contributed by atoms with Crippen LogP contribution in [-0.2, 0) is 0 Å². The Kier molecular flexibility index (Phi) is 8.00. The van der Waals surface area contributed by atoms with Crippen LogP contribution in [0.5, 0.6) is 0 Å². The molecule has 0 amide bonds. The van der Waals surface area contributed by atoms with E-state index in [0.717, 1.165) is 60.9 Å². The number of fused-ring (bicyclic) bond motifs is 3. The van der Waals surface area contributed by atoms with Gasteiger partial charge in [-0.25, -0.2) is 29.9 Å². The molecule has 0 bridgehead atoms. The smallest absolute Gasteiger partial charge is 0.167 e. The zero-order valence-electron chi connectivity index (χ0n) is 29.4. The van der Waals surface area contributed by atoms with Crippen molar-refractivity contribution in [1.29, 1.82) is 0 Å². The highest BCUT2D eigenvalue weighted by Crippen LogP contribution is 2.38. The maximum Gasteiger partial charge on any atom is 0.167 e. The van der Waals surface area contributed by atoms with Crippen molar-refractivity contribution >= 4 is 21.9 Å². The first-order valence-corrected chi connectivity index (χ1v) is 18.0. The Morgan fingerprint density at radius 2 is 0.691 bits per heavy atom. The molecule has 0 unspecified atom stereocenters. The molecule has 0 saturated carbocycles. The number of furan rings is 1. The molecule has 7 heteroatoms. The second-order valence-electron chi connectivity index (χ2n) is 13.2. The topological polar surface area (TPSA) is 90.5 Å². The van der Waals surface area contributed by atoms with Crippen molar-refractivity contribution in [2.24, 2.45) is 0 Å². The Labute approximate surface area is 316 Å². The Bertz CT molecular complexity index is 2910. The molecular weight excluding hydrogens is 677 g/mol. The van der Waals surface area contributed by atoms with Gasteiger partial charge in [0.2, 0.25) is 0 Å². The summed E-state index contributed by atoms with van der Waals surface area (Å²) in [5.74, 6) is 3.48. The lowest BCUT2D eigenvalue weighted by Gasteiger charge is -2.10. The highest BCUT2D eigenvalue weighted by Gasteiger charge is 2.19. The van der Waals surface area contributed by atoms with Crippen molar-refractivity contribution in [2.75, 3.05) is 0 Å². The third kappa shape index (κ3) is 6.19. The third-order valence-corrected chi connectivity index (χ3v) is 9.59. The molecule has 0 saturated heterocycles. The fourth-order valence-corrected chi connectivity index (χ4v) is 6.86. The monoisotopic (exact) mass is 706 g/mol. The van der Waals surface area contributed by atoms with Crippen molar-refractivity contribution in [2.45, 2.75) is 0 Å². The molecule has 0 aliphatic rings. The van der Waals surface area contributed by atoms with Gasteiger partial charge >= 0.3 is 0 Å². The Morgan fingerprint density at radius 3 is 1.24 bits per heavy atom. The van der Waals surface area contributed by atoms with Gasteiger partial charge in [0.05, 0.1) is 5.56 Å². The quantitative estimate of drug-likeness (QED) is 0.163. The number of rotatable bonds is 7. The maximum atomic E-state index is 6.61. The summed E-state index contributed by atoms with van der Waals surface area (Å²) in [4.78, 5) is 29.9. The molecule has 0 aliphatic heterocycles. The minimum absolute atomic E-state index is 0.532. The van der Waals surface area contributed by atoms with Gasteiger partial charge < -0.3 is 4.42 Å². The lowest BCUT2D eigenvalue weighted by atomic mass is 10.0. The van der Waals surface area contributed by atoms with Crippen LogP contribution in [0, 0.1) is 0 Å². The van der Waals surface area contributed by atoms with Gasteiger partial charge in [0, 0.05) is 38.6 Å². The van der Waals surface area contributed by atoms with Gasteiger partial charge in [0.1, 0.15) is 11.2 Å². The number of benzene rings is 7. The zero-order chi connectivity index (χ0) is 36.6. The molecule has 10 rings (SSSR count). The summed E-state index contributed by atoms with van der Waals surface area (Å²) in [5.41, 5.74) is 8.90. The summed E-state index contributed by atoms with van der Waals surface area (Å²) in [7, 11) is 0. The molecule has 0 spiro atoms. The van der Waals surface area contributed by atoms with Crippen LogP contribution >= 0.6 is 0 Å². The Morgan fingerprint density at radius 1 is 0.273 bits per heavy atom. The van der Waals surface area contributed by atoms with Crippen molar-refractivity contribution in [3.8, 4) is 79.5 Å². The van der Waals surface area contributed by atoms with Crippen LogP contribution in [0.15, 0.2) is 186 Å². The Hall–Kier alpha value is -7.64. The van der Waals surface area contributed by atoms with E-state index < -0.39 is 0 Å². The largest absolute Gasteiger partial charge is 0.455 e. The number of hydrogen-bond acceptors (Lipinski definition) is 7. The van der Waals surface area contributed by atoms with E-state index in [2.05, 4.69) is 36.4 Å². The highest BCUT2D eigenvalue weighted by atomic mass is 16.3. The van der Waals surface area contributed by atoms with E-state index in [1.54, 1.807) is 0 Å². The summed E-state index contributed by atoms with van der Waals surface area (Å²) in [6, 6.07) is 60.8. The summed E-state index contributed by atoms with van der Waals surface area (Å²) in [5, 5.41) is 1.87. The predicted octanol–water partition coefficient (Wildman–Crippen LogP) is 11.6. The first-order chi connectivity index (χ1) is 27.2. The molecule has 55 heavy (non-hydrogen) atoms. The second-order valence-corrected chi connectivity index (χ2v) is 13.2. The molecule has 7 nitrogen and oxygen atoms in total. The number of aromatic nitrogens is 6. The SMILES string of the molecule is c1ccc(-c2cccc(-c3nc(-c4ccccc4)nc(-c4ccc5oc6c(-c7nc(-c8ccccc8)nc(-c8ccccc8)n7)cccc6c5c4)n3)c2)cc1. The van der Waals surface area contributed by atoms with Crippen molar-refractivity contribution < 1.29 is 4.42 Å². The average Bonchev–Trinajstić information content (AvgIpc) is 3.66. The van der Waals surface area contributed by atoms with Gasteiger partial charge in [0.15, 0.2) is 34.9 Å². The van der Waals surface area contributed by atoms with E-state index in [-0.39, 0.29) is 0 Å². The summed E-state index contributed by atoms with van der Waals surface area (Å²) >= 11 is 0. The number of nitrogens with zero attached hydrogens (tertiary/aromatic N) is 6. The lowest BCUT2D eigenvalue weighted by Crippen LogP contribution is -2.00. The number of hydrogen-bond donors (Lipinski definition) is 0. The standard InChI is InChI=1S/C48H30N6O/c1-5-15-31(16-6-1)35-23-13-24-36(29-35)46-50-43(32-17-7-2-8-18-32)51-47(52-46)37-27-28-41-40(30-37)38-25-14-26-39(42(38)55-41)48-53-44(33-19-9-3-10-20-33)49-45(54-48)34-21-11-4-12-22-34/h1-30H. The first-order valence-electron chi connectivity index (χ1n) is 18.0. The molecule has 258 valence electrons. The van der Waals surface area contributed by atoms with Gasteiger partial charge in [-0.2, -0.15) is 0 Å². The fourth-order valence-electron chi connectivity index (χ4n) is 6.86. The predicted molar refractivity (Wildman–Crippen MR) is 219 cm³/mol. The van der Waals surface area contributed by atoms with Crippen LogP contribution in [0.1, 0.15) is 0 Å². The fraction of sp³-hybridized carbons (Fsp3) is 0. The van der Waals surface area contributed by atoms with Crippen LogP contribution in [0.4, 0.5) is 0 Å². The van der Waals surface area contributed by atoms with E-state index in [4.69, 9.17) is 34.3 Å². The molecule has 10 aromatic rings. The van der Waals surface area contributed by atoms with E-state index in [0.29, 0.717) is 40.5 Å². The van der Waals surface area contributed by atoms with Crippen LogP contribution in [0.2, 0.25) is 0 Å². The van der Waals surface area contributed by atoms with E-state index in [1.165, 1.54) is 0 Å². The molecular formula is C48H30N6O. The van der Waals surface area contributed by atoms with Crippen molar-refractivity contribution in [3.63, 3.8) is 0 Å². The summed E-state index contributed by atoms with van der Waals surface area (Å²) in [6.07, 6.45) is 0. The molecule has 3 aromatic heterocycles. The van der Waals surface area contributed by atoms with Gasteiger partial charge in [-0.15, -0.1) is 0 Å². The van der Waals surface area contributed by atoms with Gasteiger partial charge in [-0.3, -0.25) is 0 Å². The van der Waals surface area contributed by atoms with E-state index in [1.807, 2.05) is 146 Å². The average molecular weight is 707 g/mol.